The van der Waals surface area contributed by atoms with Gasteiger partial charge in [-0.2, -0.15) is 13.2 Å². The van der Waals surface area contributed by atoms with Gasteiger partial charge in [0.2, 0.25) is 0 Å². The van der Waals surface area contributed by atoms with Gasteiger partial charge in [0, 0.05) is 5.69 Å². The fourth-order valence-electron chi connectivity index (χ4n) is 1.90. The van der Waals surface area contributed by atoms with Gasteiger partial charge in [0.15, 0.2) is 5.60 Å². The Morgan fingerprint density at radius 3 is 2.08 bits per heavy atom. The van der Waals surface area contributed by atoms with Crippen molar-refractivity contribution in [2.24, 2.45) is 0 Å². The fraction of sp³-hybridized carbons (Fsp3) is 0.200. The average Bonchev–Trinajstić information content (AvgIpc) is 2.46. The third-order valence-corrected chi connectivity index (χ3v) is 5.26. The quantitative estimate of drug-likeness (QED) is 0.846. The number of rotatable bonds is 4. The van der Waals surface area contributed by atoms with E-state index in [1.807, 2.05) is 0 Å². The highest BCUT2D eigenvalue weighted by Crippen LogP contribution is 2.38. The van der Waals surface area contributed by atoms with Gasteiger partial charge in [-0.05, 0) is 36.8 Å². The molecule has 0 radical (unpaired) electrons. The summed E-state index contributed by atoms with van der Waals surface area (Å²) in [6, 6.07) is 10.0. The van der Waals surface area contributed by atoms with E-state index in [0.717, 1.165) is 24.3 Å². The van der Waals surface area contributed by atoms with Gasteiger partial charge >= 0.3 is 6.18 Å². The van der Waals surface area contributed by atoms with Crippen LogP contribution in [0.4, 0.5) is 18.9 Å². The van der Waals surface area contributed by atoms with Crippen molar-refractivity contribution in [3.63, 3.8) is 0 Å². The number of hydrogen-bond acceptors (Lipinski definition) is 3. The molecule has 0 aliphatic carbocycles. The summed E-state index contributed by atoms with van der Waals surface area (Å²) in [6.45, 7) is 0.621. The highest BCUT2D eigenvalue weighted by Gasteiger charge is 2.51. The molecule has 0 heterocycles. The van der Waals surface area contributed by atoms with Crippen LogP contribution in [0.2, 0.25) is 5.02 Å². The van der Waals surface area contributed by atoms with Gasteiger partial charge in [0.05, 0.1) is 5.02 Å². The van der Waals surface area contributed by atoms with Crippen molar-refractivity contribution in [3.8, 4) is 0 Å². The SMILES string of the molecule is CC(O)(c1ccc(NS(=O)(=O)c2ccccc2Cl)cc1)C(F)(F)F. The summed E-state index contributed by atoms with van der Waals surface area (Å²) in [6.07, 6.45) is -4.86. The summed E-state index contributed by atoms with van der Waals surface area (Å²) in [5, 5.41) is 9.59. The number of sulfonamides is 1. The van der Waals surface area contributed by atoms with Gasteiger partial charge in [0.1, 0.15) is 4.90 Å². The van der Waals surface area contributed by atoms with E-state index in [1.165, 1.54) is 18.2 Å². The first-order valence-corrected chi connectivity index (χ1v) is 8.48. The lowest BCUT2D eigenvalue weighted by Crippen LogP contribution is -2.39. The van der Waals surface area contributed by atoms with Crippen LogP contribution in [0.25, 0.3) is 0 Å². The molecule has 0 bridgehead atoms. The maximum atomic E-state index is 12.8. The molecule has 4 nitrogen and oxygen atoms in total. The Hall–Kier alpha value is -1.77. The first-order chi connectivity index (χ1) is 10.9. The summed E-state index contributed by atoms with van der Waals surface area (Å²) in [7, 11) is -3.99. The molecular weight excluding hydrogens is 367 g/mol. The molecule has 0 aromatic heterocycles. The predicted octanol–water partition coefficient (Wildman–Crippen LogP) is 3.91. The second-order valence-electron chi connectivity index (χ2n) is 5.18. The zero-order valence-corrected chi connectivity index (χ0v) is 13.9. The lowest BCUT2D eigenvalue weighted by atomic mass is 9.95. The van der Waals surface area contributed by atoms with E-state index in [0.29, 0.717) is 6.92 Å². The van der Waals surface area contributed by atoms with Crippen LogP contribution >= 0.6 is 11.6 Å². The molecule has 0 aliphatic heterocycles. The van der Waals surface area contributed by atoms with Gasteiger partial charge in [0.25, 0.3) is 10.0 Å². The maximum Gasteiger partial charge on any atom is 0.421 e. The van der Waals surface area contributed by atoms with Crippen molar-refractivity contribution in [2.75, 3.05) is 4.72 Å². The van der Waals surface area contributed by atoms with E-state index in [1.54, 1.807) is 6.07 Å². The number of alkyl halides is 3. The first-order valence-electron chi connectivity index (χ1n) is 6.62. The van der Waals surface area contributed by atoms with Crippen molar-refractivity contribution in [3.05, 3.63) is 59.1 Å². The number of benzene rings is 2. The molecule has 0 spiro atoms. The molecule has 0 amide bonds. The minimum absolute atomic E-state index is 0.0154. The predicted molar refractivity (Wildman–Crippen MR) is 84.3 cm³/mol. The Morgan fingerprint density at radius 2 is 1.58 bits per heavy atom. The number of halogens is 4. The van der Waals surface area contributed by atoms with Crippen LogP contribution in [0.5, 0.6) is 0 Å². The number of anilines is 1. The van der Waals surface area contributed by atoms with Crippen molar-refractivity contribution < 1.29 is 26.7 Å². The third-order valence-electron chi connectivity index (χ3n) is 3.38. The average molecular weight is 380 g/mol. The van der Waals surface area contributed by atoms with Crippen LogP contribution in [-0.2, 0) is 15.6 Å². The molecule has 1 unspecified atom stereocenters. The zero-order chi connectivity index (χ0) is 18.2. The Bertz CT molecular complexity index is 834. The summed E-state index contributed by atoms with van der Waals surface area (Å²) in [5.41, 5.74) is -3.40. The monoisotopic (exact) mass is 379 g/mol. The summed E-state index contributed by atoms with van der Waals surface area (Å²) < 4.78 is 65.0. The molecule has 0 saturated heterocycles. The molecule has 2 rings (SSSR count). The molecular formula is C15H13ClF3NO3S. The number of aliphatic hydroxyl groups is 1. The Balaban J connectivity index is 2.29. The van der Waals surface area contributed by atoms with Crippen LogP contribution in [-0.4, -0.2) is 19.7 Å². The van der Waals surface area contributed by atoms with E-state index in [9.17, 15) is 26.7 Å². The van der Waals surface area contributed by atoms with Crippen LogP contribution in [0.3, 0.4) is 0 Å². The largest absolute Gasteiger partial charge is 0.421 e. The maximum absolute atomic E-state index is 12.8. The van der Waals surface area contributed by atoms with Crippen molar-refractivity contribution in [2.45, 2.75) is 23.6 Å². The normalized spacial score (nSPS) is 14.9. The molecule has 2 N–H and O–H groups in total. The molecule has 24 heavy (non-hydrogen) atoms. The molecule has 2 aromatic carbocycles. The van der Waals surface area contributed by atoms with E-state index in [4.69, 9.17) is 11.6 Å². The number of hydrogen-bond donors (Lipinski definition) is 2. The van der Waals surface area contributed by atoms with Crippen molar-refractivity contribution in [1.82, 2.24) is 0 Å². The molecule has 0 aliphatic rings. The van der Waals surface area contributed by atoms with Crippen molar-refractivity contribution in [1.29, 1.82) is 0 Å². The van der Waals surface area contributed by atoms with E-state index < -0.39 is 27.4 Å². The smallest absolute Gasteiger partial charge is 0.376 e. The minimum Gasteiger partial charge on any atom is -0.376 e. The topological polar surface area (TPSA) is 66.4 Å². The molecule has 9 heteroatoms. The Kier molecular flexibility index (Phi) is 4.85. The standard InChI is InChI=1S/C15H13ClF3NO3S/c1-14(21,15(17,18)19)10-6-8-11(9-7-10)20-24(22,23)13-5-3-2-4-12(13)16/h2-9,20-21H,1H3. The Labute approximate surface area is 141 Å². The Morgan fingerprint density at radius 1 is 1.04 bits per heavy atom. The van der Waals surface area contributed by atoms with Crippen LogP contribution < -0.4 is 4.72 Å². The first kappa shape index (κ1) is 18.6. The molecule has 0 saturated carbocycles. The zero-order valence-electron chi connectivity index (χ0n) is 12.3. The molecule has 1 atom stereocenters. The van der Waals surface area contributed by atoms with Crippen molar-refractivity contribution >= 4 is 27.3 Å². The van der Waals surface area contributed by atoms with Gasteiger partial charge in [-0.15, -0.1) is 0 Å². The second kappa shape index (κ2) is 6.27. The highest BCUT2D eigenvalue weighted by molar-refractivity contribution is 7.92. The fourth-order valence-corrected chi connectivity index (χ4v) is 3.48. The van der Waals surface area contributed by atoms with E-state index >= 15 is 0 Å². The van der Waals surface area contributed by atoms with Crippen LogP contribution in [0, 0.1) is 0 Å². The van der Waals surface area contributed by atoms with Gasteiger partial charge < -0.3 is 5.11 Å². The minimum atomic E-state index is -4.86. The van der Waals surface area contributed by atoms with Crippen LogP contribution in [0.1, 0.15) is 12.5 Å². The summed E-state index contributed by atoms with van der Waals surface area (Å²) in [4.78, 5) is -0.155. The van der Waals surface area contributed by atoms with Gasteiger partial charge in [-0.3, -0.25) is 4.72 Å². The highest BCUT2D eigenvalue weighted by atomic mass is 35.5. The van der Waals surface area contributed by atoms with E-state index in [-0.39, 0.29) is 15.6 Å². The molecule has 130 valence electrons. The third kappa shape index (κ3) is 3.66. The molecule has 2 aromatic rings. The number of nitrogens with one attached hydrogen (secondary N) is 1. The lowest BCUT2D eigenvalue weighted by molar-refractivity contribution is -0.258. The van der Waals surface area contributed by atoms with Gasteiger partial charge in [-0.25, -0.2) is 8.42 Å². The molecule has 0 fully saturated rings. The van der Waals surface area contributed by atoms with Gasteiger partial charge in [-0.1, -0.05) is 35.9 Å². The van der Waals surface area contributed by atoms with E-state index in [2.05, 4.69) is 4.72 Å². The summed E-state index contributed by atoms with van der Waals surface area (Å²) >= 11 is 5.83. The second-order valence-corrected chi connectivity index (χ2v) is 7.24. The lowest BCUT2D eigenvalue weighted by Gasteiger charge is -2.26. The van der Waals surface area contributed by atoms with Crippen LogP contribution in [0.15, 0.2) is 53.4 Å². The summed E-state index contributed by atoms with van der Waals surface area (Å²) in [5.74, 6) is 0.